The molecule has 0 radical (unpaired) electrons. The van der Waals surface area contributed by atoms with Crippen molar-refractivity contribution in [2.45, 2.75) is 0 Å². The second-order valence-corrected chi connectivity index (χ2v) is 3.25. The summed E-state index contributed by atoms with van der Waals surface area (Å²) in [6.45, 7) is 0. The average Bonchev–Trinajstić information content (AvgIpc) is 2.29. The lowest BCUT2D eigenvalue weighted by molar-refractivity contribution is -0.513. The van der Waals surface area contributed by atoms with Gasteiger partial charge in [-0.3, -0.25) is 0 Å². The Morgan fingerprint density at radius 1 is 0.929 bits per heavy atom. The molecule has 3 rings (SSSR count). The zero-order valence-corrected chi connectivity index (χ0v) is 7.59. The van der Waals surface area contributed by atoms with Crippen molar-refractivity contribution >= 4 is 16.4 Å². The molecule has 2 heterocycles. The lowest BCUT2D eigenvalue weighted by Gasteiger charge is -1.95. The monoisotopic (exact) mass is 181 g/mol. The van der Waals surface area contributed by atoms with Crippen molar-refractivity contribution in [1.29, 1.82) is 0 Å². The minimum Gasteiger partial charge on any atom is -0.203 e. The van der Waals surface area contributed by atoms with Gasteiger partial charge in [-0.1, -0.05) is 18.2 Å². The van der Waals surface area contributed by atoms with E-state index in [1.807, 2.05) is 41.2 Å². The topological polar surface area (TPSA) is 17.0 Å². The summed E-state index contributed by atoms with van der Waals surface area (Å²) < 4.78 is 2.03. The number of fused-ring (bicyclic) bond motifs is 3. The van der Waals surface area contributed by atoms with Gasteiger partial charge in [-0.2, -0.15) is 0 Å². The van der Waals surface area contributed by atoms with E-state index in [0.717, 1.165) is 5.65 Å². The Kier molecular flexibility index (Phi) is 1.47. The maximum absolute atomic E-state index is 4.37. The molecule has 0 aliphatic carbocycles. The molecule has 2 aromatic heterocycles. The molecule has 0 saturated heterocycles. The number of hydrogen-bond donors (Lipinski definition) is 0. The van der Waals surface area contributed by atoms with Crippen molar-refractivity contribution < 1.29 is 4.40 Å². The van der Waals surface area contributed by atoms with E-state index in [9.17, 15) is 0 Å². The van der Waals surface area contributed by atoms with Crippen LogP contribution in [0.3, 0.4) is 0 Å². The quantitative estimate of drug-likeness (QED) is 0.383. The summed E-state index contributed by atoms with van der Waals surface area (Å²) in [5.41, 5.74) is 1.01. The zero-order valence-electron chi connectivity index (χ0n) is 7.59. The van der Waals surface area contributed by atoms with Gasteiger partial charge in [-0.05, 0) is 22.5 Å². The molecular weight excluding hydrogens is 172 g/mol. The van der Waals surface area contributed by atoms with E-state index in [1.54, 1.807) is 0 Å². The third-order valence-electron chi connectivity index (χ3n) is 2.39. The van der Waals surface area contributed by atoms with Crippen LogP contribution in [0.2, 0.25) is 0 Å². The summed E-state index contributed by atoms with van der Waals surface area (Å²) >= 11 is 0. The average molecular weight is 181 g/mol. The molecule has 0 atom stereocenters. The van der Waals surface area contributed by atoms with Crippen molar-refractivity contribution in [3.05, 3.63) is 55.0 Å². The summed E-state index contributed by atoms with van der Waals surface area (Å²) in [4.78, 5) is 4.37. The maximum atomic E-state index is 4.37. The number of rotatable bonds is 0. The van der Waals surface area contributed by atoms with Crippen LogP contribution in [-0.2, 0) is 0 Å². The largest absolute Gasteiger partial charge is 0.335 e. The lowest BCUT2D eigenvalue weighted by atomic mass is 10.2. The van der Waals surface area contributed by atoms with Crippen LogP contribution in [0, 0.1) is 0 Å². The molecule has 0 unspecified atom stereocenters. The predicted octanol–water partition coefficient (Wildman–Crippen LogP) is 1.97. The normalized spacial score (nSPS) is 10.9. The molecule has 0 spiro atoms. The van der Waals surface area contributed by atoms with E-state index in [4.69, 9.17) is 0 Å². The SMILES string of the molecule is c1ccc2c(c1)cc[n+]1cccnc21. The van der Waals surface area contributed by atoms with Crippen LogP contribution in [0.1, 0.15) is 0 Å². The molecule has 0 amide bonds. The Morgan fingerprint density at radius 2 is 1.86 bits per heavy atom. The second-order valence-electron chi connectivity index (χ2n) is 3.25. The van der Waals surface area contributed by atoms with E-state index in [1.165, 1.54) is 10.8 Å². The molecule has 3 aromatic rings. The molecule has 0 bridgehead atoms. The molecule has 0 fully saturated rings. The highest BCUT2D eigenvalue weighted by molar-refractivity contribution is 5.91. The molecule has 1 aromatic carbocycles. The van der Waals surface area contributed by atoms with E-state index in [0.29, 0.717) is 0 Å². The van der Waals surface area contributed by atoms with Gasteiger partial charge in [0.05, 0.1) is 17.8 Å². The van der Waals surface area contributed by atoms with Crippen molar-refractivity contribution in [2.75, 3.05) is 0 Å². The molecule has 0 N–H and O–H groups in total. The van der Waals surface area contributed by atoms with Gasteiger partial charge >= 0.3 is 5.65 Å². The fourth-order valence-electron chi connectivity index (χ4n) is 1.72. The molecule has 0 aliphatic rings. The first-order valence-electron chi connectivity index (χ1n) is 4.59. The minimum absolute atomic E-state index is 1.01. The number of benzene rings is 1. The number of nitrogens with zero attached hydrogens (tertiary/aromatic N) is 2. The van der Waals surface area contributed by atoms with Crippen molar-refractivity contribution in [1.82, 2.24) is 4.98 Å². The first-order valence-corrected chi connectivity index (χ1v) is 4.59. The summed E-state index contributed by atoms with van der Waals surface area (Å²) in [6.07, 6.45) is 5.86. The Balaban J connectivity index is 2.61. The van der Waals surface area contributed by atoms with Gasteiger partial charge in [0.15, 0.2) is 0 Å². The summed E-state index contributed by atoms with van der Waals surface area (Å²) in [6, 6.07) is 12.3. The molecule has 2 heteroatoms. The fraction of sp³-hybridized carbons (Fsp3) is 0. The van der Waals surface area contributed by atoms with Crippen LogP contribution < -0.4 is 4.40 Å². The van der Waals surface area contributed by atoms with Gasteiger partial charge in [0.2, 0.25) is 0 Å². The van der Waals surface area contributed by atoms with Crippen LogP contribution in [0.5, 0.6) is 0 Å². The van der Waals surface area contributed by atoms with E-state index >= 15 is 0 Å². The Labute approximate surface area is 81.5 Å². The van der Waals surface area contributed by atoms with Gasteiger partial charge in [0, 0.05) is 6.07 Å². The van der Waals surface area contributed by atoms with Gasteiger partial charge < -0.3 is 0 Å². The van der Waals surface area contributed by atoms with Crippen molar-refractivity contribution in [3.63, 3.8) is 0 Å². The van der Waals surface area contributed by atoms with E-state index < -0.39 is 0 Å². The molecule has 0 saturated carbocycles. The van der Waals surface area contributed by atoms with E-state index in [-0.39, 0.29) is 0 Å². The smallest absolute Gasteiger partial charge is 0.203 e. The first kappa shape index (κ1) is 7.44. The predicted molar refractivity (Wildman–Crippen MR) is 54.9 cm³/mol. The Bertz CT molecular complexity index is 547. The number of pyridine rings is 1. The summed E-state index contributed by atoms with van der Waals surface area (Å²) in [5, 5.41) is 2.42. The lowest BCUT2D eigenvalue weighted by Crippen LogP contribution is -2.21. The highest BCUT2D eigenvalue weighted by Gasteiger charge is 2.06. The van der Waals surface area contributed by atoms with Crippen LogP contribution >= 0.6 is 0 Å². The van der Waals surface area contributed by atoms with E-state index in [2.05, 4.69) is 23.2 Å². The van der Waals surface area contributed by atoms with Gasteiger partial charge in [-0.25, -0.2) is 4.40 Å². The molecule has 2 nitrogen and oxygen atoms in total. The minimum atomic E-state index is 1.01. The zero-order chi connectivity index (χ0) is 9.38. The van der Waals surface area contributed by atoms with Crippen molar-refractivity contribution in [3.8, 4) is 0 Å². The number of hydrogen-bond acceptors (Lipinski definition) is 1. The van der Waals surface area contributed by atoms with Crippen molar-refractivity contribution in [2.24, 2.45) is 0 Å². The van der Waals surface area contributed by atoms with Gasteiger partial charge in [-0.15, -0.1) is 0 Å². The maximum Gasteiger partial charge on any atom is 0.335 e. The fourth-order valence-corrected chi connectivity index (χ4v) is 1.72. The highest BCUT2D eigenvalue weighted by Crippen LogP contribution is 2.13. The van der Waals surface area contributed by atoms with Crippen LogP contribution in [0.15, 0.2) is 55.0 Å². The van der Waals surface area contributed by atoms with Gasteiger partial charge in [0.1, 0.15) is 6.20 Å². The third kappa shape index (κ3) is 0.973. The van der Waals surface area contributed by atoms with Crippen LogP contribution in [0.4, 0.5) is 0 Å². The van der Waals surface area contributed by atoms with Gasteiger partial charge in [0.25, 0.3) is 0 Å². The second kappa shape index (κ2) is 2.77. The molecule has 0 aliphatic heterocycles. The Morgan fingerprint density at radius 3 is 2.86 bits per heavy atom. The number of aromatic nitrogens is 2. The molecule has 14 heavy (non-hydrogen) atoms. The summed E-state index contributed by atoms with van der Waals surface area (Å²) in [5.74, 6) is 0. The molecular formula is C12H9N2+. The third-order valence-corrected chi connectivity index (χ3v) is 2.39. The standard InChI is InChI=1S/C12H9N2/c1-2-5-11-10(4-1)6-9-14-8-3-7-13-12(11)14/h1-9H/q+1. The van der Waals surface area contributed by atoms with Crippen LogP contribution in [0.25, 0.3) is 16.4 Å². The highest BCUT2D eigenvalue weighted by atomic mass is 14.9. The molecule has 66 valence electrons. The summed E-state index contributed by atoms with van der Waals surface area (Å²) in [7, 11) is 0. The first-order chi connectivity index (χ1) is 6.95. The Hall–Kier alpha value is -1.96. The van der Waals surface area contributed by atoms with Crippen LogP contribution in [-0.4, -0.2) is 4.98 Å².